The predicted molar refractivity (Wildman–Crippen MR) is 85.0 cm³/mol. The van der Waals surface area contributed by atoms with E-state index < -0.39 is 0 Å². The normalized spacial score (nSPS) is 15.5. The van der Waals surface area contributed by atoms with Crippen molar-refractivity contribution in [2.75, 3.05) is 26.7 Å². The van der Waals surface area contributed by atoms with Gasteiger partial charge in [0.15, 0.2) is 5.96 Å². The van der Waals surface area contributed by atoms with Gasteiger partial charge in [-0.05, 0) is 37.0 Å². The molecule has 1 heterocycles. The first-order valence-electron chi connectivity index (χ1n) is 7.66. The topological polar surface area (TPSA) is 56.7 Å². The number of carbonyl (C=O) groups is 1. The fraction of sp³-hybridized carbons (Fsp3) is 0.500. The van der Waals surface area contributed by atoms with Gasteiger partial charge in [0.25, 0.3) is 0 Å². The predicted octanol–water partition coefficient (Wildman–Crippen LogP) is 1.50. The summed E-state index contributed by atoms with van der Waals surface area (Å²) in [4.78, 5) is 18.0. The van der Waals surface area contributed by atoms with Crippen molar-refractivity contribution in [3.05, 3.63) is 35.6 Å². The molecular formula is C16H23FN4O. The van der Waals surface area contributed by atoms with Gasteiger partial charge >= 0.3 is 0 Å². The van der Waals surface area contributed by atoms with E-state index in [0.29, 0.717) is 12.5 Å². The Kier molecular flexibility index (Phi) is 6.18. The standard InChI is InChI=1S/C16H23FN4O/c1-18-16(19-11-13-5-7-14(17)8-6-13)20-12-15(22)21-9-3-2-4-10-21/h5-8H,2-4,9-12H2,1H3,(H2,18,19,20). The van der Waals surface area contributed by atoms with E-state index in [1.165, 1.54) is 18.6 Å². The second-order valence-corrected chi connectivity index (χ2v) is 5.35. The summed E-state index contributed by atoms with van der Waals surface area (Å²) in [7, 11) is 1.66. The molecule has 0 saturated carbocycles. The minimum Gasteiger partial charge on any atom is -0.352 e. The summed E-state index contributed by atoms with van der Waals surface area (Å²) >= 11 is 0. The van der Waals surface area contributed by atoms with Crippen LogP contribution in [0.4, 0.5) is 4.39 Å². The number of nitrogens with one attached hydrogen (secondary N) is 2. The monoisotopic (exact) mass is 306 g/mol. The smallest absolute Gasteiger partial charge is 0.241 e. The quantitative estimate of drug-likeness (QED) is 0.655. The largest absolute Gasteiger partial charge is 0.352 e. The van der Waals surface area contributed by atoms with E-state index in [2.05, 4.69) is 15.6 Å². The number of carbonyl (C=O) groups excluding carboxylic acids is 1. The van der Waals surface area contributed by atoms with Crippen LogP contribution in [0.2, 0.25) is 0 Å². The summed E-state index contributed by atoms with van der Waals surface area (Å²) in [5.41, 5.74) is 0.951. The van der Waals surface area contributed by atoms with Gasteiger partial charge in [0.05, 0.1) is 6.54 Å². The molecule has 0 radical (unpaired) electrons. The van der Waals surface area contributed by atoms with Crippen molar-refractivity contribution in [2.24, 2.45) is 4.99 Å². The molecule has 1 amide bonds. The van der Waals surface area contributed by atoms with Crippen LogP contribution in [0, 0.1) is 5.82 Å². The minimum absolute atomic E-state index is 0.101. The SMILES string of the molecule is CN=C(NCC(=O)N1CCCCC1)NCc1ccc(F)cc1. The van der Waals surface area contributed by atoms with Crippen LogP contribution in [0.5, 0.6) is 0 Å². The average Bonchev–Trinajstić information content (AvgIpc) is 2.57. The van der Waals surface area contributed by atoms with E-state index in [-0.39, 0.29) is 18.3 Å². The zero-order valence-corrected chi connectivity index (χ0v) is 12.9. The highest BCUT2D eigenvalue weighted by atomic mass is 19.1. The summed E-state index contributed by atoms with van der Waals surface area (Å²) in [6, 6.07) is 6.28. The van der Waals surface area contributed by atoms with Gasteiger partial charge in [0.2, 0.25) is 5.91 Å². The highest BCUT2D eigenvalue weighted by molar-refractivity contribution is 5.86. The molecule has 1 saturated heterocycles. The lowest BCUT2D eigenvalue weighted by atomic mass is 10.1. The van der Waals surface area contributed by atoms with Crippen LogP contribution in [0.15, 0.2) is 29.3 Å². The van der Waals surface area contributed by atoms with Gasteiger partial charge in [-0.15, -0.1) is 0 Å². The first kappa shape index (κ1) is 16.3. The van der Waals surface area contributed by atoms with Gasteiger partial charge in [-0.25, -0.2) is 4.39 Å². The zero-order valence-electron chi connectivity index (χ0n) is 12.9. The fourth-order valence-corrected chi connectivity index (χ4v) is 2.42. The van der Waals surface area contributed by atoms with E-state index >= 15 is 0 Å². The van der Waals surface area contributed by atoms with Crippen molar-refractivity contribution in [2.45, 2.75) is 25.8 Å². The molecule has 0 bridgehead atoms. The first-order valence-corrected chi connectivity index (χ1v) is 7.66. The molecule has 6 heteroatoms. The molecule has 2 N–H and O–H groups in total. The third kappa shape index (κ3) is 5.02. The fourth-order valence-electron chi connectivity index (χ4n) is 2.42. The Bertz CT molecular complexity index is 509. The molecule has 0 spiro atoms. The number of aliphatic imine (C=N–C) groups is 1. The van der Waals surface area contributed by atoms with E-state index in [0.717, 1.165) is 31.5 Å². The Morgan fingerprint density at radius 3 is 2.50 bits per heavy atom. The molecule has 1 aromatic carbocycles. The molecule has 0 atom stereocenters. The zero-order chi connectivity index (χ0) is 15.8. The van der Waals surface area contributed by atoms with Gasteiger partial charge in [0, 0.05) is 26.7 Å². The highest BCUT2D eigenvalue weighted by Crippen LogP contribution is 2.08. The molecule has 1 aliphatic heterocycles. The third-order valence-corrected chi connectivity index (χ3v) is 3.71. The highest BCUT2D eigenvalue weighted by Gasteiger charge is 2.16. The van der Waals surface area contributed by atoms with Gasteiger partial charge in [-0.1, -0.05) is 12.1 Å². The van der Waals surface area contributed by atoms with Crippen LogP contribution in [-0.4, -0.2) is 43.4 Å². The van der Waals surface area contributed by atoms with Crippen LogP contribution < -0.4 is 10.6 Å². The molecule has 0 unspecified atom stereocenters. The van der Waals surface area contributed by atoms with Crippen LogP contribution >= 0.6 is 0 Å². The van der Waals surface area contributed by atoms with Crippen LogP contribution in [0.25, 0.3) is 0 Å². The minimum atomic E-state index is -0.251. The van der Waals surface area contributed by atoms with Crippen molar-refractivity contribution in [1.82, 2.24) is 15.5 Å². The number of rotatable bonds is 4. The van der Waals surface area contributed by atoms with E-state index in [1.807, 2.05) is 4.90 Å². The molecule has 120 valence electrons. The number of benzene rings is 1. The summed E-state index contributed by atoms with van der Waals surface area (Å²) in [6.45, 7) is 2.46. The van der Waals surface area contributed by atoms with Crippen molar-refractivity contribution in [3.63, 3.8) is 0 Å². The van der Waals surface area contributed by atoms with Gasteiger partial charge in [0.1, 0.15) is 5.82 Å². The van der Waals surface area contributed by atoms with Crippen LogP contribution in [0.3, 0.4) is 0 Å². The van der Waals surface area contributed by atoms with E-state index in [4.69, 9.17) is 0 Å². The average molecular weight is 306 g/mol. The number of likely N-dealkylation sites (tertiary alicyclic amines) is 1. The number of hydrogen-bond donors (Lipinski definition) is 2. The number of halogens is 1. The number of nitrogens with zero attached hydrogens (tertiary/aromatic N) is 2. The lowest BCUT2D eigenvalue weighted by Gasteiger charge is -2.27. The summed E-state index contributed by atoms with van der Waals surface area (Å²) in [5.74, 6) is 0.414. The summed E-state index contributed by atoms with van der Waals surface area (Å²) in [6.07, 6.45) is 3.38. The Morgan fingerprint density at radius 1 is 1.18 bits per heavy atom. The first-order chi connectivity index (χ1) is 10.7. The second kappa shape index (κ2) is 8.36. The molecule has 1 fully saturated rings. The molecular weight excluding hydrogens is 283 g/mol. The summed E-state index contributed by atoms with van der Waals surface area (Å²) in [5, 5.41) is 6.13. The van der Waals surface area contributed by atoms with Crippen molar-refractivity contribution in [1.29, 1.82) is 0 Å². The number of hydrogen-bond acceptors (Lipinski definition) is 2. The maximum atomic E-state index is 12.8. The van der Waals surface area contributed by atoms with Gasteiger partial charge in [-0.2, -0.15) is 0 Å². The molecule has 1 aliphatic rings. The Balaban J connectivity index is 1.75. The van der Waals surface area contributed by atoms with Crippen molar-refractivity contribution < 1.29 is 9.18 Å². The maximum Gasteiger partial charge on any atom is 0.241 e. The molecule has 0 aliphatic carbocycles. The Hall–Kier alpha value is -2.11. The van der Waals surface area contributed by atoms with Crippen molar-refractivity contribution >= 4 is 11.9 Å². The maximum absolute atomic E-state index is 12.8. The number of guanidine groups is 1. The van der Waals surface area contributed by atoms with Gasteiger partial charge < -0.3 is 15.5 Å². The van der Waals surface area contributed by atoms with E-state index in [1.54, 1.807) is 19.2 Å². The van der Waals surface area contributed by atoms with E-state index in [9.17, 15) is 9.18 Å². The number of piperidine rings is 1. The lowest BCUT2D eigenvalue weighted by molar-refractivity contribution is -0.130. The van der Waals surface area contributed by atoms with Crippen LogP contribution in [0.1, 0.15) is 24.8 Å². The van der Waals surface area contributed by atoms with Crippen molar-refractivity contribution in [3.8, 4) is 0 Å². The molecule has 1 aromatic rings. The lowest BCUT2D eigenvalue weighted by Crippen LogP contribution is -2.45. The third-order valence-electron chi connectivity index (χ3n) is 3.71. The Labute approximate surface area is 130 Å². The molecule has 0 aromatic heterocycles. The molecule has 2 rings (SSSR count). The summed E-state index contributed by atoms with van der Waals surface area (Å²) < 4.78 is 12.8. The number of amides is 1. The Morgan fingerprint density at radius 2 is 1.86 bits per heavy atom. The molecule has 5 nitrogen and oxygen atoms in total. The molecule has 22 heavy (non-hydrogen) atoms. The van der Waals surface area contributed by atoms with Gasteiger partial charge in [-0.3, -0.25) is 9.79 Å². The van der Waals surface area contributed by atoms with Crippen LogP contribution in [-0.2, 0) is 11.3 Å². The second-order valence-electron chi connectivity index (χ2n) is 5.35.